The van der Waals surface area contributed by atoms with E-state index in [0.717, 1.165) is 23.3 Å². The molecule has 2 aromatic rings. The van der Waals surface area contributed by atoms with E-state index in [1.165, 1.54) is 6.07 Å². The van der Waals surface area contributed by atoms with E-state index in [4.69, 9.17) is 5.73 Å². The SMILES string of the molecule is CCc1cccc(C)c1NS(=O)(=O)c1cc(N)ccc1F. The van der Waals surface area contributed by atoms with Gasteiger partial charge >= 0.3 is 0 Å². The first-order chi connectivity index (χ1) is 9.85. The van der Waals surface area contributed by atoms with Gasteiger partial charge in [-0.3, -0.25) is 4.72 Å². The van der Waals surface area contributed by atoms with Gasteiger partial charge in [0.25, 0.3) is 10.0 Å². The van der Waals surface area contributed by atoms with Gasteiger partial charge in [0.15, 0.2) is 0 Å². The van der Waals surface area contributed by atoms with Crippen molar-refractivity contribution in [3.63, 3.8) is 0 Å². The van der Waals surface area contributed by atoms with Gasteiger partial charge in [-0.05, 0) is 42.7 Å². The quantitative estimate of drug-likeness (QED) is 0.853. The van der Waals surface area contributed by atoms with Gasteiger partial charge < -0.3 is 5.73 Å². The number of nitrogen functional groups attached to an aromatic ring is 1. The van der Waals surface area contributed by atoms with Crippen molar-refractivity contribution in [2.75, 3.05) is 10.5 Å². The Bertz CT molecular complexity index is 773. The Morgan fingerprint density at radius 1 is 1.24 bits per heavy atom. The predicted octanol–water partition coefficient (Wildman–Crippen LogP) is 3.08. The number of anilines is 2. The minimum atomic E-state index is -4.03. The van der Waals surface area contributed by atoms with Gasteiger partial charge in [0.05, 0.1) is 5.69 Å². The topological polar surface area (TPSA) is 72.2 Å². The van der Waals surface area contributed by atoms with E-state index in [9.17, 15) is 12.8 Å². The fourth-order valence-electron chi connectivity index (χ4n) is 2.08. The molecule has 21 heavy (non-hydrogen) atoms. The summed E-state index contributed by atoms with van der Waals surface area (Å²) < 4.78 is 41.0. The highest BCUT2D eigenvalue weighted by Crippen LogP contribution is 2.26. The number of rotatable bonds is 4. The van der Waals surface area contributed by atoms with Crippen LogP contribution in [0.3, 0.4) is 0 Å². The Morgan fingerprint density at radius 3 is 2.62 bits per heavy atom. The summed E-state index contributed by atoms with van der Waals surface area (Å²) in [6.07, 6.45) is 0.666. The highest BCUT2D eigenvalue weighted by atomic mass is 32.2. The molecular weight excluding hydrogens is 291 g/mol. The van der Waals surface area contributed by atoms with Crippen LogP contribution >= 0.6 is 0 Å². The van der Waals surface area contributed by atoms with Crippen molar-refractivity contribution in [3.8, 4) is 0 Å². The number of sulfonamides is 1. The van der Waals surface area contributed by atoms with Crippen LogP contribution in [-0.4, -0.2) is 8.42 Å². The number of nitrogens with one attached hydrogen (secondary N) is 1. The highest BCUT2D eigenvalue weighted by molar-refractivity contribution is 7.92. The molecule has 0 aliphatic carbocycles. The average Bonchev–Trinajstić information content (AvgIpc) is 2.43. The van der Waals surface area contributed by atoms with Gasteiger partial charge in [0, 0.05) is 5.69 Å². The van der Waals surface area contributed by atoms with E-state index in [-0.39, 0.29) is 5.69 Å². The molecule has 0 unspecified atom stereocenters. The smallest absolute Gasteiger partial charge is 0.264 e. The zero-order valence-corrected chi connectivity index (χ0v) is 12.7. The van der Waals surface area contributed by atoms with Crippen molar-refractivity contribution >= 4 is 21.4 Å². The molecule has 112 valence electrons. The van der Waals surface area contributed by atoms with Gasteiger partial charge in [0.1, 0.15) is 10.7 Å². The van der Waals surface area contributed by atoms with Crippen molar-refractivity contribution in [1.29, 1.82) is 0 Å². The van der Waals surface area contributed by atoms with Crippen molar-refractivity contribution in [2.45, 2.75) is 25.2 Å². The molecule has 0 bridgehead atoms. The number of para-hydroxylation sites is 1. The van der Waals surface area contributed by atoms with Crippen LogP contribution in [0.2, 0.25) is 0 Å². The van der Waals surface area contributed by atoms with Crippen molar-refractivity contribution in [3.05, 3.63) is 53.3 Å². The van der Waals surface area contributed by atoms with Crippen LogP contribution in [0.25, 0.3) is 0 Å². The molecule has 0 amide bonds. The summed E-state index contributed by atoms with van der Waals surface area (Å²) in [6.45, 7) is 3.72. The molecule has 0 radical (unpaired) electrons. The minimum Gasteiger partial charge on any atom is -0.399 e. The van der Waals surface area contributed by atoms with Gasteiger partial charge in [0.2, 0.25) is 0 Å². The third-order valence-corrected chi connectivity index (χ3v) is 4.59. The molecule has 2 aromatic carbocycles. The largest absolute Gasteiger partial charge is 0.399 e. The van der Waals surface area contributed by atoms with Gasteiger partial charge in [-0.1, -0.05) is 25.1 Å². The van der Waals surface area contributed by atoms with E-state index in [1.807, 2.05) is 19.1 Å². The molecule has 0 aromatic heterocycles. The van der Waals surface area contributed by atoms with E-state index < -0.39 is 20.7 Å². The number of halogens is 1. The number of benzene rings is 2. The van der Waals surface area contributed by atoms with Crippen LogP contribution in [0.1, 0.15) is 18.1 Å². The second-order valence-electron chi connectivity index (χ2n) is 4.76. The maximum Gasteiger partial charge on any atom is 0.264 e. The van der Waals surface area contributed by atoms with Crippen molar-refractivity contribution in [1.82, 2.24) is 0 Å². The standard InChI is InChI=1S/C15H17FN2O2S/c1-3-11-6-4-5-10(2)15(11)18-21(19,20)14-9-12(17)7-8-13(14)16/h4-9,18H,3,17H2,1-2H3. The van der Waals surface area contributed by atoms with E-state index in [1.54, 1.807) is 13.0 Å². The molecule has 0 saturated carbocycles. The Hall–Kier alpha value is -2.08. The molecule has 6 heteroatoms. The lowest BCUT2D eigenvalue weighted by molar-refractivity contribution is 0.570. The Labute approximate surface area is 123 Å². The number of hydrogen-bond donors (Lipinski definition) is 2. The first-order valence-electron chi connectivity index (χ1n) is 6.51. The lowest BCUT2D eigenvalue weighted by Gasteiger charge is -2.15. The van der Waals surface area contributed by atoms with Crippen molar-refractivity contribution in [2.24, 2.45) is 0 Å². The predicted molar refractivity (Wildman–Crippen MR) is 82.2 cm³/mol. The fraction of sp³-hybridized carbons (Fsp3) is 0.200. The summed E-state index contributed by atoms with van der Waals surface area (Å²) in [5, 5.41) is 0. The minimum absolute atomic E-state index is 0.192. The van der Waals surface area contributed by atoms with E-state index in [0.29, 0.717) is 12.1 Å². The zero-order chi connectivity index (χ0) is 15.6. The van der Waals surface area contributed by atoms with Crippen LogP contribution in [-0.2, 0) is 16.4 Å². The molecule has 0 atom stereocenters. The molecule has 0 saturated heterocycles. The Kier molecular flexibility index (Phi) is 4.18. The first-order valence-corrected chi connectivity index (χ1v) is 8.00. The summed E-state index contributed by atoms with van der Waals surface area (Å²) in [4.78, 5) is -0.451. The molecule has 0 aliphatic heterocycles. The summed E-state index contributed by atoms with van der Waals surface area (Å²) in [6, 6.07) is 8.96. The molecule has 0 fully saturated rings. The molecule has 0 heterocycles. The second-order valence-corrected chi connectivity index (χ2v) is 6.41. The van der Waals surface area contributed by atoms with E-state index in [2.05, 4.69) is 4.72 Å². The van der Waals surface area contributed by atoms with Crippen LogP contribution in [0, 0.1) is 12.7 Å². The molecule has 0 spiro atoms. The van der Waals surface area contributed by atoms with Crippen LogP contribution in [0.4, 0.5) is 15.8 Å². The Morgan fingerprint density at radius 2 is 1.95 bits per heavy atom. The number of nitrogens with two attached hydrogens (primary N) is 1. The zero-order valence-electron chi connectivity index (χ0n) is 11.9. The third-order valence-electron chi connectivity index (χ3n) is 3.22. The molecule has 2 rings (SSSR count). The lowest BCUT2D eigenvalue weighted by Crippen LogP contribution is -2.17. The molecule has 3 N–H and O–H groups in total. The molecule has 4 nitrogen and oxygen atoms in total. The van der Waals surface area contributed by atoms with Crippen LogP contribution in [0.15, 0.2) is 41.3 Å². The highest BCUT2D eigenvalue weighted by Gasteiger charge is 2.21. The first kappa shape index (κ1) is 15.3. The van der Waals surface area contributed by atoms with Gasteiger partial charge in [-0.15, -0.1) is 0 Å². The third kappa shape index (κ3) is 3.16. The summed E-state index contributed by atoms with van der Waals surface area (Å²) >= 11 is 0. The average molecular weight is 308 g/mol. The lowest BCUT2D eigenvalue weighted by atomic mass is 10.1. The maximum atomic E-state index is 13.8. The van der Waals surface area contributed by atoms with Gasteiger partial charge in [-0.25, -0.2) is 12.8 Å². The summed E-state index contributed by atoms with van der Waals surface area (Å²) in [5.74, 6) is -0.830. The van der Waals surface area contributed by atoms with Crippen LogP contribution in [0.5, 0.6) is 0 Å². The normalized spacial score (nSPS) is 11.4. The number of hydrogen-bond acceptors (Lipinski definition) is 3. The van der Waals surface area contributed by atoms with E-state index >= 15 is 0 Å². The Balaban J connectivity index is 2.50. The summed E-state index contributed by atoms with van der Waals surface area (Å²) in [5.41, 5.74) is 7.85. The second kappa shape index (κ2) is 5.73. The van der Waals surface area contributed by atoms with Crippen LogP contribution < -0.4 is 10.5 Å². The fourth-order valence-corrected chi connectivity index (χ4v) is 3.37. The summed E-state index contributed by atoms with van der Waals surface area (Å²) in [7, 11) is -4.03. The van der Waals surface area contributed by atoms with Gasteiger partial charge in [-0.2, -0.15) is 0 Å². The van der Waals surface area contributed by atoms with Crippen molar-refractivity contribution < 1.29 is 12.8 Å². The number of aryl methyl sites for hydroxylation is 2. The monoisotopic (exact) mass is 308 g/mol. The molecule has 0 aliphatic rings. The maximum absolute atomic E-state index is 13.8. The molecular formula is C15H17FN2O2S.